The van der Waals surface area contributed by atoms with Gasteiger partial charge in [-0.05, 0) is 49.5 Å². The predicted molar refractivity (Wildman–Crippen MR) is 58.2 cm³/mol. The number of rotatable bonds is 3. The summed E-state index contributed by atoms with van der Waals surface area (Å²) < 4.78 is 0. The predicted octanol–water partition coefficient (Wildman–Crippen LogP) is 1.32. The molecule has 0 bridgehead atoms. The first-order valence-electron chi connectivity index (χ1n) is 5.21. The Bertz CT molecular complexity index is 387. The van der Waals surface area contributed by atoms with Gasteiger partial charge in [0.2, 0.25) is 0 Å². The molecule has 0 saturated heterocycles. The average molecular weight is 205 g/mol. The quantitative estimate of drug-likeness (QED) is 0.782. The highest BCUT2D eigenvalue weighted by molar-refractivity contribution is 5.90. The minimum atomic E-state index is -0.808. The average Bonchev–Trinajstić information content (AvgIpc) is 2.59. The van der Waals surface area contributed by atoms with Crippen molar-refractivity contribution in [1.29, 1.82) is 0 Å². The molecule has 1 aromatic carbocycles. The Morgan fingerprint density at radius 2 is 2.33 bits per heavy atom. The Morgan fingerprint density at radius 1 is 1.53 bits per heavy atom. The molecule has 0 amide bonds. The molecule has 0 spiro atoms. The van der Waals surface area contributed by atoms with Crippen molar-refractivity contribution in [3.05, 3.63) is 34.9 Å². The lowest BCUT2D eigenvalue weighted by molar-refractivity contribution is 0.0695. The van der Waals surface area contributed by atoms with E-state index in [1.54, 1.807) is 6.07 Å². The third kappa shape index (κ3) is 1.88. The molecule has 0 radical (unpaired) electrons. The van der Waals surface area contributed by atoms with E-state index in [0.29, 0.717) is 11.5 Å². The van der Waals surface area contributed by atoms with Gasteiger partial charge < -0.3 is 10.4 Å². The summed E-state index contributed by atoms with van der Waals surface area (Å²) in [6, 6.07) is 5.57. The lowest BCUT2D eigenvalue weighted by Crippen LogP contribution is -2.18. The minimum absolute atomic E-state index is 0.478. The van der Waals surface area contributed by atoms with Crippen LogP contribution < -0.4 is 5.32 Å². The van der Waals surface area contributed by atoms with Crippen LogP contribution >= 0.6 is 0 Å². The van der Waals surface area contributed by atoms with Crippen LogP contribution in [0.25, 0.3) is 0 Å². The van der Waals surface area contributed by atoms with Gasteiger partial charge in [0.05, 0.1) is 5.56 Å². The molecule has 0 aliphatic heterocycles. The van der Waals surface area contributed by atoms with Crippen molar-refractivity contribution in [2.75, 3.05) is 13.6 Å². The minimum Gasteiger partial charge on any atom is -0.478 e. The third-order valence-corrected chi connectivity index (χ3v) is 3.00. The summed E-state index contributed by atoms with van der Waals surface area (Å²) in [6.45, 7) is 0.952. The van der Waals surface area contributed by atoms with Crippen molar-refractivity contribution < 1.29 is 9.90 Å². The molecule has 80 valence electrons. The van der Waals surface area contributed by atoms with Crippen LogP contribution in [0, 0.1) is 5.92 Å². The number of carbonyl (C=O) groups is 1. The molecule has 1 atom stereocenters. The van der Waals surface area contributed by atoms with Gasteiger partial charge >= 0.3 is 5.97 Å². The van der Waals surface area contributed by atoms with Crippen LogP contribution in [0.15, 0.2) is 18.2 Å². The van der Waals surface area contributed by atoms with Crippen molar-refractivity contribution >= 4 is 5.97 Å². The van der Waals surface area contributed by atoms with Gasteiger partial charge in [0, 0.05) is 0 Å². The molecule has 0 aromatic heterocycles. The summed E-state index contributed by atoms with van der Waals surface area (Å²) >= 11 is 0. The summed E-state index contributed by atoms with van der Waals surface area (Å²) in [7, 11) is 1.93. The van der Waals surface area contributed by atoms with Crippen LogP contribution in [0.5, 0.6) is 0 Å². The summed E-state index contributed by atoms with van der Waals surface area (Å²) in [5, 5.41) is 12.2. The molecule has 2 rings (SSSR count). The van der Waals surface area contributed by atoms with Crippen LogP contribution in [0.3, 0.4) is 0 Å². The number of hydrogen-bond acceptors (Lipinski definition) is 2. The van der Waals surface area contributed by atoms with E-state index in [1.807, 2.05) is 19.2 Å². The van der Waals surface area contributed by atoms with E-state index in [9.17, 15) is 4.79 Å². The molecular weight excluding hydrogens is 190 g/mol. The lowest BCUT2D eigenvalue weighted by atomic mass is 10.0. The van der Waals surface area contributed by atoms with Gasteiger partial charge in [-0.1, -0.05) is 12.1 Å². The summed E-state index contributed by atoms with van der Waals surface area (Å²) in [4.78, 5) is 11.0. The highest BCUT2D eigenvalue weighted by Crippen LogP contribution is 2.29. The van der Waals surface area contributed by atoms with Crippen molar-refractivity contribution in [2.45, 2.75) is 12.8 Å². The van der Waals surface area contributed by atoms with Gasteiger partial charge in [-0.25, -0.2) is 4.79 Å². The molecule has 15 heavy (non-hydrogen) atoms. The van der Waals surface area contributed by atoms with E-state index >= 15 is 0 Å². The zero-order valence-electron chi connectivity index (χ0n) is 8.79. The highest BCUT2D eigenvalue weighted by Gasteiger charge is 2.24. The first kappa shape index (κ1) is 10.2. The smallest absolute Gasteiger partial charge is 0.335 e. The normalized spacial score (nSPS) is 18.9. The van der Waals surface area contributed by atoms with E-state index in [2.05, 4.69) is 5.32 Å². The van der Waals surface area contributed by atoms with E-state index in [1.165, 1.54) is 5.56 Å². The fourth-order valence-corrected chi connectivity index (χ4v) is 2.37. The first-order chi connectivity index (χ1) is 7.22. The maximum Gasteiger partial charge on any atom is 0.335 e. The monoisotopic (exact) mass is 205 g/mol. The lowest BCUT2D eigenvalue weighted by Gasteiger charge is -2.06. The molecule has 3 nitrogen and oxygen atoms in total. The van der Waals surface area contributed by atoms with Crippen molar-refractivity contribution in [3.63, 3.8) is 0 Å². The van der Waals surface area contributed by atoms with E-state index in [-0.39, 0.29) is 0 Å². The molecule has 0 heterocycles. The van der Waals surface area contributed by atoms with Crippen LogP contribution in [-0.2, 0) is 12.8 Å². The number of fused-ring (bicyclic) bond motifs is 1. The van der Waals surface area contributed by atoms with Gasteiger partial charge in [-0.2, -0.15) is 0 Å². The van der Waals surface area contributed by atoms with Crippen LogP contribution in [0.2, 0.25) is 0 Å². The van der Waals surface area contributed by atoms with Gasteiger partial charge in [-0.15, -0.1) is 0 Å². The maximum absolute atomic E-state index is 11.0. The summed E-state index contributed by atoms with van der Waals surface area (Å²) in [5.74, 6) is -0.262. The maximum atomic E-state index is 11.0. The molecule has 2 N–H and O–H groups in total. The second kappa shape index (κ2) is 4.03. The topological polar surface area (TPSA) is 49.3 Å². The molecule has 0 saturated carbocycles. The molecular formula is C12H15NO2. The summed E-state index contributed by atoms with van der Waals surface area (Å²) in [6.07, 6.45) is 1.88. The van der Waals surface area contributed by atoms with Crippen LogP contribution in [0.1, 0.15) is 21.5 Å². The molecule has 1 unspecified atom stereocenters. The largest absolute Gasteiger partial charge is 0.478 e. The van der Waals surface area contributed by atoms with Gasteiger partial charge in [-0.3, -0.25) is 0 Å². The number of benzene rings is 1. The molecule has 1 aromatic rings. The molecule has 1 aliphatic carbocycles. The number of aromatic carboxylic acids is 1. The third-order valence-electron chi connectivity index (χ3n) is 3.00. The van der Waals surface area contributed by atoms with Crippen LogP contribution in [0.4, 0.5) is 0 Å². The van der Waals surface area contributed by atoms with E-state index < -0.39 is 5.97 Å². The highest BCUT2D eigenvalue weighted by atomic mass is 16.4. The van der Waals surface area contributed by atoms with Crippen molar-refractivity contribution in [3.8, 4) is 0 Å². The fraction of sp³-hybridized carbons (Fsp3) is 0.417. The number of carboxylic acids is 1. The Kier molecular flexibility index (Phi) is 2.73. The number of carboxylic acid groups (broad SMARTS) is 1. The van der Waals surface area contributed by atoms with Crippen molar-refractivity contribution in [2.24, 2.45) is 5.92 Å². The second-order valence-corrected chi connectivity index (χ2v) is 4.08. The van der Waals surface area contributed by atoms with Crippen LogP contribution in [-0.4, -0.2) is 24.7 Å². The van der Waals surface area contributed by atoms with E-state index in [0.717, 1.165) is 24.9 Å². The Labute approximate surface area is 89.1 Å². The molecule has 0 fully saturated rings. The Morgan fingerprint density at radius 3 is 3.00 bits per heavy atom. The van der Waals surface area contributed by atoms with Gasteiger partial charge in [0.1, 0.15) is 0 Å². The van der Waals surface area contributed by atoms with Gasteiger partial charge in [0.25, 0.3) is 0 Å². The van der Waals surface area contributed by atoms with Gasteiger partial charge in [0.15, 0.2) is 0 Å². The Balaban J connectivity index is 2.29. The molecule has 3 heteroatoms. The van der Waals surface area contributed by atoms with E-state index in [4.69, 9.17) is 5.11 Å². The first-order valence-corrected chi connectivity index (χ1v) is 5.21. The zero-order valence-corrected chi connectivity index (χ0v) is 8.79. The van der Waals surface area contributed by atoms with Crippen molar-refractivity contribution in [1.82, 2.24) is 5.32 Å². The number of hydrogen-bond donors (Lipinski definition) is 2. The summed E-state index contributed by atoms with van der Waals surface area (Å²) in [5.41, 5.74) is 2.71. The molecule has 1 aliphatic rings. The fourth-order valence-electron chi connectivity index (χ4n) is 2.37. The SMILES string of the molecule is CNCC1Cc2cccc(C(=O)O)c2C1. The standard InChI is InChI=1S/C12H15NO2/c1-13-7-8-5-9-3-2-4-10(12(14)15)11(9)6-8/h2-4,8,13H,5-7H2,1H3,(H,14,15). The zero-order chi connectivity index (χ0) is 10.8. The Hall–Kier alpha value is -1.35. The second-order valence-electron chi connectivity index (χ2n) is 4.08. The number of nitrogens with one attached hydrogen (secondary N) is 1.